The van der Waals surface area contributed by atoms with Crippen molar-refractivity contribution in [3.8, 4) is 0 Å². The first kappa shape index (κ1) is 20.1. The lowest BCUT2D eigenvalue weighted by atomic mass is 9.90. The molecule has 1 fully saturated rings. The highest BCUT2D eigenvalue weighted by Crippen LogP contribution is 2.22. The second kappa shape index (κ2) is 9.06. The van der Waals surface area contributed by atoms with Crippen molar-refractivity contribution >= 4 is 21.6 Å². The number of piperidine rings is 1. The van der Waals surface area contributed by atoms with Crippen molar-refractivity contribution < 1.29 is 13.2 Å². The van der Waals surface area contributed by atoms with Gasteiger partial charge in [-0.2, -0.15) is 0 Å². The van der Waals surface area contributed by atoms with Gasteiger partial charge in [-0.1, -0.05) is 60.7 Å². The Balaban J connectivity index is 1.53. The van der Waals surface area contributed by atoms with Crippen LogP contribution in [0.2, 0.25) is 0 Å². The Morgan fingerprint density at radius 3 is 2.21 bits per heavy atom. The van der Waals surface area contributed by atoms with E-state index in [9.17, 15) is 13.2 Å². The monoisotopic (exact) mass is 398 g/mol. The molecule has 0 saturated carbocycles. The summed E-state index contributed by atoms with van der Waals surface area (Å²) >= 11 is 0. The van der Waals surface area contributed by atoms with E-state index in [1.54, 1.807) is 11.8 Å². The summed E-state index contributed by atoms with van der Waals surface area (Å²) < 4.78 is 26.8. The Morgan fingerprint density at radius 2 is 1.61 bits per heavy atom. The molecule has 0 aromatic heterocycles. The van der Waals surface area contributed by atoms with Gasteiger partial charge in [0.2, 0.25) is 0 Å². The number of sulfonamides is 1. The van der Waals surface area contributed by atoms with Gasteiger partial charge in [-0.05, 0) is 48.8 Å². The molecule has 5 nitrogen and oxygen atoms in total. The molecule has 0 atom stereocenters. The minimum atomic E-state index is -3.84. The van der Waals surface area contributed by atoms with E-state index in [-0.39, 0.29) is 0 Å². The number of carbonyl (C=O) groups excluding carboxylic acids is 1. The number of nitrogens with one attached hydrogen (secondary N) is 1. The maximum atomic E-state index is 12.4. The molecule has 2 aromatic rings. The number of likely N-dealkylation sites (tertiary alicyclic amines) is 1. The molecular weight excluding hydrogens is 372 g/mol. The van der Waals surface area contributed by atoms with Gasteiger partial charge < -0.3 is 4.90 Å². The number of carbonyl (C=O) groups is 1. The first-order valence-corrected chi connectivity index (χ1v) is 11.1. The molecule has 1 aliphatic rings. The summed E-state index contributed by atoms with van der Waals surface area (Å²) in [5.41, 5.74) is 2.69. The van der Waals surface area contributed by atoms with Crippen LogP contribution in [-0.4, -0.2) is 32.4 Å². The number of benzene rings is 2. The lowest BCUT2D eigenvalue weighted by Crippen LogP contribution is -2.46. The lowest BCUT2D eigenvalue weighted by molar-refractivity contribution is 0.175. The van der Waals surface area contributed by atoms with Crippen molar-refractivity contribution in [2.75, 3.05) is 13.1 Å². The van der Waals surface area contributed by atoms with E-state index in [4.69, 9.17) is 0 Å². The van der Waals surface area contributed by atoms with E-state index < -0.39 is 16.1 Å². The minimum Gasteiger partial charge on any atom is -0.324 e. The Kier molecular flexibility index (Phi) is 6.52. The van der Waals surface area contributed by atoms with Gasteiger partial charge in [0, 0.05) is 13.1 Å². The van der Waals surface area contributed by atoms with Crippen molar-refractivity contribution in [2.24, 2.45) is 5.92 Å². The zero-order valence-electron chi connectivity index (χ0n) is 16.0. The van der Waals surface area contributed by atoms with Gasteiger partial charge in [0.25, 0.3) is 10.0 Å². The van der Waals surface area contributed by atoms with E-state index in [1.165, 1.54) is 5.56 Å². The molecule has 6 heteroatoms. The van der Waals surface area contributed by atoms with Crippen LogP contribution in [0.5, 0.6) is 0 Å². The van der Waals surface area contributed by atoms with Crippen LogP contribution in [0.4, 0.5) is 4.79 Å². The fourth-order valence-electron chi connectivity index (χ4n) is 3.51. The SMILES string of the molecule is CC(=CS(=O)(=O)NC(=O)N1CCC(Cc2ccccc2)CC1)c1ccccc1. The molecule has 0 radical (unpaired) electrons. The van der Waals surface area contributed by atoms with Crippen LogP contribution < -0.4 is 4.72 Å². The van der Waals surface area contributed by atoms with Crippen LogP contribution in [0.25, 0.3) is 5.57 Å². The van der Waals surface area contributed by atoms with Gasteiger partial charge in [-0.25, -0.2) is 17.9 Å². The van der Waals surface area contributed by atoms with Crippen molar-refractivity contribution in [1.82, 2.24) is 9.62 Å². The van der Waals surface area contributed by atoms with E-state index in [0.29, 0.717) is 24.6 Å². The number of allylic oxidation sites excluding steroid dienone is 1. The summed E-state index contributed by atoms with van der Waals surface area (Å²) in [7, 11) is -3.84. The van der Waals surface area contributed by atoms with Crippen molar-refractivity contribution in [3.63, 3.8) is 0 Å². The first-order valence-electron chi connectivity index (χ1n) is 9.52. The minimum absolute atomic E-state index is 0.517. The predicted octanol–water partition coefficient (Wildman–Crippen LogP) is 4.04. The Labute approximate surface area is 167 Å². The van der Waals surface area contributed by atoms with Gasteiger partial charge in [0.05, 0.1) is 5.41 Å². The number of amides is 2. The maximum absolute atomic E-state index is 12.4. The fourth-order valence-corrected chi connectivity index (χ4v) is 4.54. The van der Waals surface area contributed by atoms with Crippen molar-refractivity contribution in [2.45, 2.75) is 26.2 Å². The van der Waals surface area contributed by atoms with Gasteiger partial charge in [-0.3, -0.25) is 0 Å². The Morgan fingerprint density at radius 1 is 1.04 bits per heavy atom. The standard InChI is InChI=1S/C22H26N2O3S/c1-18(21-10-6-3-7-11-21)17-28(26,27)23-22(25)24-14-12-20(13-15-24)16-19-8-4-2-5-9-19/h2-11,17,20H,12-16H2,1H3,(H,23,25). The van der Waals surface area contributed by atoms with E-state index in [1.807, 2.05) is 48.5 Å². The first-order chi connectivity index (χ1) is 13.4. The summed E-state index contributed by atoms with van der Waals surface area (Å²) in [5, 5.41) is 1.11. The predicted molar refractivity (Wildman–Crippen MR) is 112 cm³/mol. The molecule has 1 N–H and O–H groups in total. The third kappa shape index (κ3) is 5.70. The average molecular weight is 399 g/mol. The van der Waals surface area contributed by atoms with E-state index >= 15 is 0 Å². The van der Waals surface area contributed by atoms with Crippen molar-refractivity contribution in [1.29, 1.82) is 0 Å². The number of hydrogen-bond donors (Lipinski definition) is 1. The van der Waals surface area contributed by atoms with Crippen LogP contribution in [0.1, 0.15) is 30.9 Å². The van der Waals surface area contributed by atoms with Gasteiger partial charge in [0.15, 0.2) is 0 Å². The van der Waals surface area contributed by atoms with Gasteiger partial charge in [-0.15, -0.1) is 0 Å². The molecule has 3 rings (SSSR count). The van der Waals surface area contributed by atoms with Crippen LogP contribution in [0, 0.1) is 5.92 Å². The van der Waals surface area contributed by atoms with Crippen LogP contribution >= 0.6 is 0 Å². The molecule has 0 unspecified atom stereocenters. The Hall–Kier alpha value is -2.60. The molecule has 0 bridgehead atoms. The Bertz CT molecular complexity index is 917. The normalized spacial score (nSPS) is 16.0. The van der Waals surface area contributed by atoms with Crippen molar-refractivity contribution in [3.05, 3.63) is 77.2 Å². The molecule has 2 aromatic carbocycles. The van der Waals surface area contributed by atoms with Crippen LogP contribution in [0.3, 0.4) is 0 Å². The second-order valence-electron chi connectivity index (χ2n) is 7.24. The third-order valence-corrected chi connectivity index (χ3v) is 6.18. The zero-order chi connectivity index (χ0) is 20.0. The zero-order valence-corrected chi connectivity index (χ0v) is 16.9. The average Bonchev–Trinajstić information content (AvgIpc) is 2.69. The second-order valence-corrected chi connectivity index (χ2v) is 8.77. The lowest BCUT2D eigenvalue weighted by Gasteiger charge is -2.31. The number of urea groups is 1. The fraction of sp³-hybridized carbons (Fsp3) is 0.318. The molecule has 1 heterocycles. The van der Waals surface area contributed by atoms with Gasteiger partial charge >= 0.3 is 6.03 Å². The summed E-state index contributed by atoms with van der Waals surface area (Å²) in [4.78, 5) is 14.0. The number of nitrogens with zero attached hydrogens (tertiary/aromatic N) is 1. The van der Waals surface area contributed by atoms with E-state index in [2.05, 4.69) is 16.9 Å². The maximum Gasteiger partial charge on any atom is 0.331 e. The third-order valence-electron chi connectivity index (χ3n) is 5.06. The number of hydrogen-bond acceptors (Lipinski definition) is 3. The van der Waals surface area contributed by atoms with Crippen LogP contribution in [0.15, 0.2) is 66.1 Å². The van der Waals surface area contributed by atoms with Crippen LogP contribution in [-0.2, 0) is 16.4 Å². The molecule has 1 aliphatic heterocycles. The highest BCUT2D eigenvalue weighted by atomic mass is 32.2. The summed E-state index contributed by atoms with van der Waals surface area (Å²) in [6.45, 7) is 2.86. The highest BCUT2D eigenvalue weighted by molar-refractivity contribution is 7.93. The molecule has 28 heavy (non-hydrogen) atoms. The van der Waals surface area contributed by atoms with E-state index in [0.717, 1.165) is 30.2 Å². The number of rotatable bonds is 5. The highest BCUT2D eigenvalue weighted by Gasteiger charge is 2.25. The topological polar surface area (TPSA) is 66.5 Å². The molecule has 1 saturated heterocycles. The molecule has 0 spiro atoms. The quantitative estimate of drug-likeness (QED) is 0.826. The summed E-state index contributed by atoms with van der Waals surface area (Å²) in [5.74, 6) is 0.517. The smallest absolute Gasteiger partial charge is 0.324 e. The molecule has 148 valence electrons. The molecule has 2 amide bonds. The summed E-state index contributed by atoms with van der Waals surface area (Å²) in [6, 6.07) is 19.0. The summed E-state index contributed by atoms with van der Waals surface area (Å²) in [6.07, 6.45) is 2.75. The molecule has 0 aliphatic carbocycles. The largest absolute Gasteiger partial charge is 0.331 e. The molecular formula is C22H26N2O3S. The van der Waals surface area contributed by atoms with Gasteiger partial charge in [0.1, 0.15) is 0 Å².